The van der Waals surface area contributed by atoms with Gasteiger partial charge in [0.15, 0.2) is 0 Å². The van der Waals surface area contributed by atoms with E-state index in [1.54, 1.807) is 0 Å². The molecule has 2 heterocycles. The van der Waals surface area contributed by atoms with Gasteiger partial charge in [0.25, 0.3) is 0 Å². The molecular weight excluding hydrogens is 272 g/mol. The van der Waals surface area contributed by atoms with Crippen molar-refractivity contribution < 1.29 is 0 Å². The Bertz CT molecular complexity index is 742. The van der Waals surface area contributed by atoms with Crippen molar-refractivity contribution in [3.05, 3.63) is 60.4 Å². The number of aromatic nitrogens is 3. The zero-order valence-electron chi connectivity index (χ0n) is 13.2. The first kappa shape index (κ1) is 14.7. The average Bonchev–Trinajstić information content (AvgIpc) is 2.93. The number of hydrogen-bond donors (Lipinski definition) is 0. The first-order valence-electron chi connectivity index (χ1n) is 7.72. The van der Waals surface area contributed by atoms with Crippen LogP contribution in [0.15, 0.2) is 49.1 Å². The Balaban J connectivity index is 1.59. The molecule has 22 heavy (non-hydrogen) atoms. The number of nitrogens with zero attached hydrogens (tertiary/aromatic N) is 4. The van der Waals surface area contributed by atoms with E-state index in [2.05, 4.69) is 50.7 Å². The lowest BCUT2D eigenvalue weighted by molar-refractivity contribution is 0.315. The molecule has 0 N–H and O–H groups in total. The second kappa shape index (κ2) is 6.71. The van der Waals surface area contributed by atoms with Gasteiger partial charge in [0, 0.05) is 43.3 Å². The molecule has 1 aromatic carbocycles. The van der Waals surface area contributed by atoms with E-state index in [1.807, 2.05) is 31.7 Å². The summed E-state index contributed by atoms with van der Waals surface area (Å²) in [5.74, 6) is 1.09. The van der Waals surface area contributed by atoms with Crippen molar-refractivity contribution in [1.82, 2.24) is 19.4 Å². The summed E-state index contributed by atoms with van der Waals surface area (Å²) in [7, 11) is 2.18. The Kier molecular flexibility index (Phi) is 4.49. The summed E-state index contributed by atoms with van der Waals surface area (Å²) in [5, 5.41) is 2.51. The molecule has 0 radical (unpaired) electrons. The fourth-order valence-electron chi connectivity index (χ4n) is 2.85. The lowest BCUT2D eigenvalue weighted by atomic mass is 10.1. The molecule has 0 atom stereocenters. The highest BCUT2D eigenvalue weighted by atomic mass is 15.1. The molecule has 114 valence electrons. The van der Waals surface area contributed by atoms with E-state index >= 15 is 0 Å². The highest BCUT2D eigenvalue weighted by Crippen LogP contribution is 2.18. The van der Waals surface area contributed by atoms with Gasteiger partial charge in [0.2, 0.25) is 0 Å². The number of hydrogen-bond acceptors (Lipinski definition) is 3. The van der Waals surface area contributed by atoms with E-state index in [-0.39, 0.29) is 0 Å². The van der Waals surface area contributed by atoms with Crippen LogP contribution < -0.4 is 0 Å². The maximum Gasteiger partial charge on any atom is 0.105 e. The van der Waals surface area contributed by atoms with Gasteiger partial charge in [-0.1, -0.05) is 18.2 Å². The van der Waals surface area contributed by atoms with Crippen LogP contribution >= 0.6 is 0 Å². The summed E-state index contributed by atoms with van der Waals surface area (Å²) in [5.41, 5.74) is 1.36. The molecule has 4 nitrogen and oxygen atoms in total. The van der Waals surface area contributed by atoms with Gasteiger partial charge in [-0.15, -0.1) is 0 Å². The molecule has 0 fully saturated rings. The predicted octanol–water partition coefficient (Wildman–Crippen LogP) is 3.26. The minimum Gasteiger partial charge on any atom is -0.335 e. The van der Waals surface area contributed by atoms with Crippen LogP contribution in [0.4, 0.5) is 0 Å². The summed E-state index contributed by atoms with van der Waals surface area (Å²) in [6.45, 7) is 5.10. The second-order valence-electron chi connectivity index (χ2n) is 5.77. The van der Waals surface area contributed by atoms with Crippen molar-refractivity contribution in [2.75, 3.05) is 13.6 Å². The zero-order valence-corrected chi connectivity index (χ0v) is 13.2. The maximum atomic E-state index is 4.26. The molecule has 0 amide bonds. The van der Waals surface area contributed by atoms with Crippen molar-refractivity contribution in [3.8, 4) is 0 Å². The standard InChI is InChI=1S/C18H22N4/c1-15-20-9-12-22(15)11-4-10-21(2)14-17-6-3-5-16-13-19-8-7-18(16)17/h3,5-9,12-13H,4,10-11,14H2,1-2H3. The van der Waals surface area contributed by atoms with Crippen LogP contribution in [0.3, 0.4) is 0 Å². The van der Waals surface area contributed by atoms with Gasteiger partial charge in [-0.05, 0) is 44.0 Å². The molecule has 0 aliphatic carbocycles. The van der Waals surface area contributed by atoms with Crippen molar-refractivity contribution in [1.29, 1.82) is 0 Å². The molecule has 0 aliphatic rings. The number of rotatable bonds is 6. The van der Waals surface area contributed by atoms with Crippen LogP contribution in [0, 0.1) is 6.92 Å². The number of aryl methyl sites for hydroxylation is 2. The largest absolute Gasteiger partial charge is 0.335 e. The Hall–Kier alpha value is -2.20. The third-order valence-corrected chi connectivity index (χ3v) is 4.07. The van der Waals surface area contributed by atoms with Gasteiger partial charge in [0.1, 0.15) is 5.82 Å². The summed E-state index contributed by atoms with van der Waals surface area (Å²) in [4.78, 5) is 10.8. The zero-order chi connectivity index (χ0) is 15.4. The normalized spacial score (nSPS) is 11.4. The highest BCUT2D eigenvalue weighted by molar-refractivity contribution is 5.84. The topological polar surface area (TPSA) is 34.0 Å². The number of benzene rings is 1. The van der Waals surface area contributed by atoms with E-state index in [4.69, 9.17) is 0 Å². The molecule has 2 aromatic heterocycles. The molecule has 0 spiro atoms. The fourth-order valence-corrected chi connectivity index (χ4v) is 2.85. The van der Waals surface area contributed by atoms with Crippen LogP contribution in [0.25, 0.3) is 10.8 Å². The van der Waals surface area contributed by atoms with Gasteiger partial charge in [-0.2, -0.15) is 0 Å². The molecule has 0 unspecified atom stereocenters. The quantitative estimate of drug-likeness (QED) is 0.700. The van der Waals surface area contributed by atoms with Crippen molar-refractivity contribution in [3.63, 3.8) is 0 Å². The maximum absolute atomic E-state index is 4.26. The SMILES string of the molecule is Cc1nccn1CCCN(C)Cc1cccc2cnccc12. The monoisotopic (exact) mass is 294 g/mol. The van der Waals surface area contributed by atoms with E-state index in [1.165, 1.54) is 16.3 Å². The summed E-state index contributed by atoms with van der Waals surface area (Å²) < 4.78 is 2.21. The molecular formula is C18H22N4. The third-order valence-electron chi connectivity index (χ3n) is 4.07. The summed E-state index contributed by atoms with van der Waals surface area (Å²) in [6, 6.07) is 8.54. The van der Waals surface area contributed by atoms with Crippen LogP contribution in [0.2, 0.25) is 0 Å². The van der Waals surface area contributed by atoms with Crippen LogP contribution in [-0.2, 0) is 13.1 Å². The first-order chi connectivity index (χ1) is 10.7. The third kappa shape index (κ3) is 3.34. The van der Waals surface area contributed by atoms with Gasteiger partial charge >= 0.3 is 0 Å². The predicted molar refractivity (Wildman–Crippen MR) is 89.7 cm³/mol. The van der Waals surface area contributed by atoms with Crippen molar-refractivity contribution in [2.45, 2.75) is 26.4 Å². The number of imidazole rings is 1. The fraction of sp³-hybridized carbons (Fsp3) is 0.333. The van der Waals surface area contributed by atoms with Crippen LogP contribution in [0.5, 0.6) is 0 Å². The first-order valence-corrected chi connectivity index (χ1v) is 7.72. The lowest BCUT2D eigenvalue weighted by Crippen LogP contribution is -2.20. The smallest absolute Gasteiger partial charge is 0.105 e. The van der Waals surface area contributed by atoms with Gasteiger partial charge < -0.3 is 9.47 Å². The van der Waals surface area contributed by atoms with Gasteiger partial charge in [-0.25, -0.2) is 4.98 Å². The molecule has 3 aromatic rings. The Morgan fingerprint density at radius 1 is 1.18 bits per heavy atom. The van der Waals surface area contributed by atoms with Crippen LogP contribution in [0.1, 0.15) is 17.8 Å². The molecule has 4 heteroatoms. The highest BCUT2D eigenvalue weighted by Gasteiger charge is 2.05. The van der Waals surface area contributed by atoms with E-state index in [0.717, 1.165) is 31.9 Å². The second-order valence-corrected chi connectivity index (χ2v) is 5.77. The molecule has 0 aliphatic heterocycles. The van der Waals surface area contributed by atoms with E-state index in [9.17, 15) is 0 Å². The number of fused-ring (bicyclic) bond motifs is 1. The van der Waals surface area contributed by atoms with E-state index in [0.29, 0.717) is 0 Å². The minimum atomic E-state index is 0.963. The molecule has 0 saturated heterocycles. The lowest BCUT2D eigenvalue weighted by Gasteiger charge is -2.18. The Morgan fingerprint density at radius 2 is 2.09 bits per heavy atom. The molecule has 0 bridgehead atoms. The number of pyridine rings is 1. The van der Waals surface area contributed by atoms with Gasteiger partial charge in [0.05, 0.1) is 0 Å². The van der Waals surface area contributed by atoms with Crippen molar-refractivity contribution in [2.24, 2.45) is 0 Å². The summed E-state index contributed by atoms with van der Waals surface area (Å²) >= 11 is 0. The van der Waals surface area contributed by atoms with Crippen molar-refractivity contribution >= 4 is 10.8 Å². The van der Waals surface area contributed by atoms with Crippen LogP contribution in [-0.4, -0.2) is 33.0 Å². The Morgan fingerprint density at radius 3 is 2.91 bits per heavy atom. The van der Waals surface area contributed by atoms with E-state index < -0.39 is 0 Å². The Labute approximate surface area is 131 Å². The van der Waals surface area contributed by atoms with Gasteiger partial charge in [-0.3, -0.25) is 4.98 Å². The molecule has 3 rings (SSSR count). The molecule has 0 saturated carbocycles. The summed E-state index contributed by atoms with van der Waals surface area (Å²) in [6.07, 6.45) is 8.84. The minimum absolute atomic E-state index is 0.963. The average molecular weight is 294 g/mol.